The van der Waals surface area contributed by atoms with Crippen LogP contribution >= 0.6 is 11.6 Å². The third-order valence-corrected chi connectivity index (χ3v) is 0.143. The molecule has 0 aromatic heterocycles. The molecule has 0 heterocycles. The van der Waals surface area contributed by atoms with Gasteiger partial charge in [-0.05, 0) is 6.58 Å². The average molecular weight is 145 g/mol. The Labute approximate surface area is 50.3 Å². The summed E-state index contributed by atoms with van der Waals surface area (Å²) < 4.78 is 30.7. The van der Waals surface area contributed by atoms with E-state index in [2.05, 4.69) is 18.2 Å². The molecule has 0 aromatic rings. The van der Waals surface area contributed by atoms with E-state index in [1.165, 1.54) is 0 Å². The van der Waals surface area contributed by atoms with Crippen LogP contribution in [0.2, 0.25) is 0 Å². The van der Waals surface area contributed by atoms with Crippen LogP contribution in [-0.4, -0.2) is 0 Å². The topological polar surface area (TPSA) is 0 Å². The summed E-state index contributed by atoms with van der Waals surface area (Å²) in [5, 5.41) is 0. The number of hydrogen-bond acceptors (Lipinski definition) is 0. The summed E-state index contributed by atoms with van der Waals surface area (Å²) in [7, 11) is 0. The van der Waals surface area contributed by atoms with Gasteiger partial charge in [0.2, 0.25) is 0 Å². The van der Waals surface area contributed by atoms with E-state index >= 15 is 0 Å². The van der Waals surface area contributed by atoms with Gasteiger partial charge in [0.05, 0.1) is 6.33 Å². The highest BCUT2D eigenvalue weighted by Gasteiger charge is 1.65. The van der Waals surface area contributed by atoms with E-state index in [0.717, 1.165) is 5.54 Å². The molecule has 0 unspecified atom stereocenters. The largest absolute Gasteiger partial charge is 0.263 e. The quantitative estimate of drug-likeness (QED) is 0.490. The van der Waals surface area contributed by atoms with Gasteiger partial charge in [0, 0.05) is 5.54 Å². The predicted molar refractivity (Wildman–Crippen MR) is 27.5 cm³/mol. The standard InChI is InChI=1S/C2H2ClF.C2H2F2/c3-1-2-4;1-2(3)4/h1-2H;1H2. The molecule has 0 spiro atoms. The molecule has 0 aromatic carbocycles. The molecule has 0 amide bonds. The van der Waals surface area contributed by atoms with Crippen LogP contribution in [0.4, 0.5) is 13.2 Å². The predicted octanol–water partition coefficient (Wildman–Crippen LogP) is 3.06. The van der Waals surface area contributed by atoms with Gasteiger partial charge >= 0.3 is 0 Å². The molecule has 0 aliphatic carbocycles. The van der Waals surface area contributed by atoms with Crippen LogP contribution in [0, 0.1) is 0 Å². The molecule has 0 nitrogen and oxygen atoms in total. The molecule has 0 rings (SSSR count). The Kier molecular flexibility index (Phi) is 12.8. The highest BCUT2D eigenvalue weighted by molar-refractivity contribution is 6.25. The van der Waals surface area contributed by atoms with Gasteiger partial charge in [0.1, 0.15) is 0 Å². The monoisotopic (exact) mass is 144 g/mol. The van der Waals surface area contributed by atoms with Crippen LogP contribution < -0.4 is 0 Å². The van der Waals surface area contributed by atoms with E-state index in [0.29, 0.717) is 0 Å². The molecule has 48 valence electrons. The molecule has 4 heteroatoms. The lowest BCUT2D eigenvalue weighted by molar-refractivity contribution is 0.426. The number of hydrogen-bond donors (Lipinski definition) is 0. The molecule has 0 bridgehead atoms. The summed E-state index contributed by atoms with van der Waals surface area (Å²) >= 11 is 4.63. The van der Waals surface area contributed by atoms with Gasteiger partial charge in [-0.25, -0.2) is 4.39 Å². The second-order valence-corrected chi connectivity index (χ2v) is 0.843. The minimum Gasteiger partial charge on any atom is -0.215 e. The first kappa shape index (κ1) is 10.5. The third-order valence-electron chi connectivity index (χ3n) is 0.0476. The Morgan fingerprint density at radius 1 is 1.50 bits per heavy atom. The molecule has 0 saturated heterocycles. The van der Waals surface area contributed by atoms with Crippen LogP contribution in [0.5, 0.6) is 0 Å². The first-order chi connectivity index (χ1) is 3.65. The summed E-state index contributed by atoms with van der Waals surface area (Å²) in [5.41, 5.74) is 0.806. The molecule has 8 heavy (non-hydrogen) atoms. The van der Waals surface area contributed by atoms with E-state index in [4.69, 9.17) is 0 Å². The second-order valence-electron chi connectivity index (χ2n) is 0.591. The Balaban J connectivity index is 0. The summed E-state index contributed by atoms with van der Waals surface area (Å²) in [4.78, 5) is 0. The van der Waals surface area contributed by atoms with Crippen molar-refractivity contribution < 1.29 is 13.2 Å². The lowest BCUT2D eigenvalue weighted by Gasteiger charge is -1.54. The number of rotatable bonds is 0. The van der Waals surface area contributed by atoms with Crippen molar-refractivity contribution >= 4 is 11.6 Å². The van der Waals surface area contributed by atoms with Gasteiger partial charge in [-0.2, -0.15) is 8.78 Å². The van der Waals surface area contributed by atoms with Crippen molar-refractivity contribution in [3.05, 3.63) is 24.5 Å². The summed E-state index contributed by atoms with van der Waals surface area (Å²) in [6, 6.07) is 0. The maximum absolute atomic E-state index is 10.4. The first-order valence-electron chi connectivity index (χ1n) is 1.50. The SMILES string of the molecule is C=C(F)F.FC=CCl. The summed E-state index contributed by atoms with van der Waals surface area (Å²) in [6.07, 6.45) is -1.57. The molecular formula is C4H4ClF3. The van der Waals surface area contributed by atoms with Crippen molar-refractivity contribution in [1.29, 1.82) is 0 Å². The van der Waals surface area contributed by atoms with Gasteiger partial charge < -0.3 is 0 Å². The Morgan fingerprint density at radius 3 is 1.62 bits per heavy atom. The van der Waals surface area contributed by atoms with Crippen molar-refractivity contribution in [2.45, 2.75) is 0 Å². The lowest BCUT2D eigenvalue weighted by atomic mass is 11.2. The van der Waals surface area contributed by atoms with E-state index in [9.17, 15) is 13.2 Å². The zero-order chi connectivity index (χ0) is 6.99. The van der Waals surface area contributed by atoms with Crippen LogP contribution in [0.1, 0.15) is 0 Å². The van der Waals surface area contributed by atoms with Crippen molar-refractivity contribution in [2.24, 2.45) is 0 Å². The van der Waals surface area contributed by atoms with Crippen molar-refractivity contribution in [1.82, 2.24) is 0 Å². The Hall–Kier alpha value is -0.440. The minimum atomic E-state index is -1.83. The zero-order valence-corrected chi connectivity index (χ0v) is 4.63. The Bertz CT molecular complexity index is 71.4. The maximum atomic E-state index is 10.4. The van der Waals surface area contributed by atoms with Crippen molar-refractivity contribution in [2.75, 3.05) is 0 Å². The van der Waals surface area contributed by atoms with E-state index < -0.39 is 6.08 Å². The second kappa shape index (κ2) is 9.75. The smallest absolute Gasteiger partial charge is 0.215 e. The highest BCUT2D eigenvalue weighted by atomic mass is 35.5. The first-order valence-corrected chi connectivity index (χ1v) is 1.94. The lowest BCUT2D eigenvalue weighted by Crippen LogP contribution is -1.33. The van der Waals surface area contributed by atoms with Crippen LogP contribution in [0.25, 0.3) is 0 Å². The van der Waals surface area contributed by atoms with Gasteiger partial charge in [0.15, 0.2) is 0 Å². The van der Waals surface area contributed by atoms with Crippen LogP contribution in [0.15, 0.2) is 24.5 Å². The summed E-state index contributed by atoms with van der Waals surface area (Å²) in [5.74, 6) is 0. The van der Waals surface area contributed by atoms with Crippen LogP contribution in [-0.2, 0) is 0 Å². The summed E-state index contributed by atoms with van der Waals surface area (Å²) in [6.45, 7) is 2.22. The third kappa shape index (κ3) is 369. The molecule has 0 N–H and O–H groups in total. The highest BCUT2D eigenvalue weighted by Crippen LogP contribution is 1.85. The van der Waals surface area contributed by atoms with Gasteiger partial charge in [-0.1, -0.05) is 11.6 Å². The normalized spacial score (nSPS) is 8.00. The fraction of sp³-hybridized carbons (Fsp3) is 0. The molecule has 0 atom stereocenters. The maximum Gasteiger partial charge on any atom is 0.263 e. The van der Waals surface area contributed by atoms with Crippen LogP contribution in [0.3, 0.4) is 0 Å². The number of halogens is 4. The fourth-order valence-corrected chi connectivity index (χ4v) is 0. The van der Waals surface area contributed by atoms with Crippen molar-refractivity contribution in [3.8, 4) is 0 Å². The average Bonchev–Trinajstić information content (AvgIpc) is 1.65. The van der Waals surface area contributed by atoms with Gasteiger partial charge in [-0.3, -0.25) is 0 Å². The van der Waals surface area contributed by atoms with Gasteiger partial charge in [0.25, 0.3) is 6.08 Å². The van der Waals surface area contributed by atoms with E-state index in [1.54, 1.807) is 0 Å². The Morgan fingerprint density at radius 2 is 1.62 bits per heavy atom. The molecule has 0 aliphatic heterocycles. The zero-order valence-electron chi connectivity index (χ0n) is 3.87. The minimum absolute atomic E-state index is 0.265. The fourth-order valence-electron chi connectivity index (χ4n) is 0. The molecule has 0 aliphatic rings. The van der Waals surface area contributed by atoms with E-state index in [-0.39, 0.29) is 6.33 Å². The van der Waals surface area contributed by atoms with Gasteiger partial charge in [-0.15, -0.1) is 0 Å². The van der Waals surface area contributed by atoms with E-state index in [1.807, 2.05) is 0 Å². The van der Waals surface area contributed by atoms with Crippen molar-refractivity contribution in [3.63, 3.8) is 0 Å². The molecule has 0 saturated carbocycles. The molecule has 0 radical (unpaired) electrons. The molecule has 0 fully saturated rings. The molecular weight excluding hydrogens is 140 g/mol.